The number of carbonyl (C=O) groups is 1. The minimum absolute atomic E-state index is 0.158. The summed E-state index contributed by atoms with van der Waals surface area (Å²) in [6, 6.07) is 22.5. The highest BCUT2D eigenvalue weighted by Gasteiger charge is 2.16. The number of rotatable bonds is 6. The van der Waals surface area contributed by atoms with Crippen LogP contribution in [0.4, 0.5) is 11.4 Å². The van der Waals surface area contributed by atoms with Gasteiger partial charge in [-0.1, -0.05) is 60.2 Å². The molecule has 0 saturated heterocycles. The Morgan fingerprint density at radius 1 is 0.815 bits per heavy atom. The van der Waals surface area contributed by atoms with Gasteiger partial charge in [-0.05, 0) is 36.8 Å². The second-order valence-corrected chi connectivity index (χ2v) is 7.86. The molecule has 1 amide bonds. The summed E-state index contributed by atoms with van der Waals surface area (Å²) in [7, 11) is -3.74. The Morgan fingerprint density at radius 2 is 1.41 bits per heavy atom. The Morgan fingerprint density at radius 3 is 2.07 bits per heavy atom. The van der Waals surface area contributed by atoms with Crippen LogP contribution in [0.1, 0.15) is 11.1 Å². The number of benzene rings is 3. The van der Waals surface area contributed by atoms with Crippen molar-refractivity contribution in [3.8, 4) is 0 Å². The number of hydrogen-bond acceptors (Lipinski definition) is 3. The van der Waals surface area contributed by atoms with E-state index in [4.69, 9.17) is 0 Å². The molecular formula is C21H20N2O3S. The van der Waals surface area contributed by atoms with Gasteiger partial charge < -0.3 is 5.32 Å². The molecule has 138 valence electrons. The highest BCUT2D eigenvalue weighted by Crippen LogP contribution is 2.24. The first-order valence-electron chi connectivity index (χ1n) is 8.46. The first kappa shape index (κ1) is 18.7. The molecule has 6 heteroatoms. The molecule has 0 radical (unpaired) electrons. The highest BCUT2D eigenvalue weighted by molar-refractivity contribution is 7.92. The minimum atomic E-state index is -3.74. The summed E-state index contributed by atoms with van der Waals surface area (Å²) in [5, 5.41) is 2.78. The fraction of sp³-hybridized carbons (Fsp3) is 0.0952. The topological polar surface area (TPSA) is 75.3 Å². The molecule has 3 rings (SSSR count). The van der Waals surface area contributed by atoms with E-state index in [1.807, 2.05) is 31.2 Å². The van der Waals surface area contributed by atoms with E-state index in [1.165, 1.54) is 12.1 Å². The van der Waals surface area contributed by atoms with Crippen LogP contribution in [0.3, 0.4) is 0 Å². The summed E-state index contributed by atoms with van der Waals surface area (Å²) in [5.74, 6) is -0.217. The number of anilines is 2. The van der Waals surface area contributed by atoms with Crippen molar-refractivity contribution >= 4 is 27.3 Å². The second-order valence-electron chi connectivity index (χ2n) is 6.17. The van der Waals surface area contributed by atoms with Crippen molar-refractivity contribution < 1.29 is 13.2 Å². The quantitative estimate of drug-likeness (QED) is 0.679. The van der Waals surface area contributed by atoms with E-state index >= 15 is 0 Å². The normalized spacial score (nSPS) is 11.0. The number of sulfonamides is 1. The number of carbonyl (C=O) groups excluding carboxylic acids is 1. The molecule has 0 spiro atoms. The van der Waals surface area contributed by atoms with Crippen LogP contribution in [0.5, 0.6) is 0 Å². The van der Waals surface area contributed by atoms with Crippen LogP contribution in [0.25, 0.3) is 0 Å². The van der Waals surface area contributed by atoms with Gasteiger partial charge >= 0.3 is 0 Å². The average molecular weight is 380 g/mol. The Bertz CT molecular complexity index is 1030. The van der Waals surface area contributed by atoms with E-state index in [-0.39, 0.29) is 17.2 Å². The monoisotopic (exact) mass is 380 g/mol. The van der Waals surface area contributed by atoms with Gasteiger partial charge in [0.05, 0.1) is 22.7 Å². The molecule has 0 aromatic heterocycles. The van der Waals surface area contributed by atoms with Crippen molar-refractivity contribution in [2.24, 2.45) is 0 Å². The van der Waals surface area contributed by atoms with Gasteiger partial charge in [-0.25, -0.2) is 8.42 Å². The van der Waals surface area contributed by atoms with Crippen molar-refractivity contribution in [3.63, 3.8) is 0 Å². The molecule has 0 saturated carbocycles. The van der Waals surface area contributed by atoms with Crippen LogP contribution in [0.15, 0.2) is 83.8 Å². The van der Waals surface area contributed by atoms with E-state index in [0.717, 1.165) is 11.1 Å². The highest BCUT2D eigenvalue weighted by atomic mass is 32.2. The van der Waals surface area contributed by atoms with Gasteiger partial charge in [-0.3, -0.25) is 9.52 Å². The maximum Gasteiger partial charge on any atom is 0.261 e. The maximum absolute atomic E-state index is 12.5. The molecule has 0 fully saturated rings. The van der Waals surface area contributed by atoms with E-state index in [2.05, 4.69) is 10.0 Å². The third kappa shape index (κ3) is 4.95. The van der Waals surface area contributed by atoms with E-state index in [1.54, 1.807) is 42.5 Å². The maximum atomic E-state index is 12.5. The molecule has 2 N–H and O–H groups in total. The summed E-state index contributed by atoms with van der Waals surface area (Å²) < 4.78 is 27.6. The van der Waals surface area contributed by atoms with Gasteiger partial charge in [0, 0.05) is 0 Å². The molecule has 0 atom stereocenters. The number of para-hydroxylation sites is 2. The van der Waals surface area contributed by atoms with E-state index in [9.17, 15) is 13.2 Å². The number of hydrogen-bond donors (Lipinski definition) is 2. The molecule has 0 bridgehead atoms. The predicted octanol–water partition coefficient (Wildman–Crippen LogP) is 3.98. The zero-order chi connectivity index (χ0) is 19.3. The summed E-state index contributed by atoms with van der Waals surface area (Å²) in [5.41, 5.74) is 2.74. The molecule has 3 aromatic carbocycles. The Labute approximate surface area is 159 Å². The van der Waals surface area contributed by atoms with Crippen LogP contribution < -0.4 is 10.0 Å². The summed E-state index contributed by atoms with van der Waals surface area (Å²) in [4.78, 5) is 12.5. The lowest BCUT2D eigenvalue weighted by Gasteiger charge is -2.13. The van der Waals surface area contributed by atoms with Crippen LogP contribution >= 0.6 is 0 Å². The van der Waals surface area contributed by atoms with Gasteiger partial charge in [0.15, 0.2) is 0 Å². The van der Waals surface area contributed by atoms with Crippen molar-refractivity contribution in [3.05, 3.63) is 90.0 Å². The SMILES string of the molecule is Cc1ccc(CC(=O)Nc2ccccc2NS(=O)(=O)c2ccccc2)cc1. The van der Waals surface area contributed by atoms with Crippen LogP contribution in [-0.4, -0.2) is 14.3 Å². The first-order valence-corrected chi connectivity index (χ1v) is 9.95. The molecule has 3 aromatic rings. The predicted molar refractivity (Wildman–Crippen MR) is 107 cm³/mol. The molecule has 27 heavy (non-hydrogen) atoms. The molecular weight excluding hydrogens is 360 g/mol. The molecule has 0 unspecified atom stereocenters. The van der Waals surface area contributed by atoms with Crippen LogP contribution in [0.2, 0.25) is 0 Å². The summed E-state index contributed by atoms with van der Waals surface area (Å²) in [6.07, 6.45) is 0.208. The zero-order valence-electron chi connectivity index (χ0n) is 14.8. The number of aryl methyl sites for hydroxylation is 1. The van der Waals surface area contributed by atoms with E-state index < -0.39 is 10.0 Å². The Balaban J connectivity index is 1.76. The molecule has 0 aliphatic rings. The van der Waals surface area contributed by atoms with Gasteiger partial charge in [0.2, 0.25) is 5.91 Å². The Kier molecular flexibility index (Phi) is 5.57. The minimum Gasteiger partial charge on any atom is -0.324 e. The standard InChI is InChI=1S/C21H20N2O3S/c1-16-11-13-17(14-12-16)15-21(24)22-19-9-5-6-10-20(19)23-27(25,26)18-7-3-2-4-8-18/h2-14,23H,15H2,1H3,(H,22,24). The third-order valence-corrected chi connectivity index (χ3v) is 5.37. The molecule has 0 aliphatic carbocycles. The van der Waals surface area contributed by atoms with Crippen molar-refractivity contribution in [1.29, 1.82) is 0 Å². The van der Waals surface area contributed by atoms with E-state index in [0.29, 0.717) is 11.4 Å². The lowest BCUT2D eigenvalue weighted by Crippen LogP contribution is -2.18. The summed E-state index contributed by atoms with van der Waals surface area (Å²) in [6.45, 7) is 1.99. The lowest BCUT2D eigenvalue weighted by molar-refractivity contribution is -0.115. The smallest absolute Gasteiger partial charge is 0.261 e. The fourth-order valence-corrected chi connectivity index (χ4v) is 3.67. The summed E-state index contributed by atoms with van der Waals surface area (Å²) >= 11 is 0. The fourth-order valence-electron chi connectivity index (χ4n) is 2.57. The second kappa shape index (κ2) is 8.05. The molecule has 5 nitrogen and oxygen atoms in total. The largest absolute Gasteiger partial charge is 0.324 e. The van der Waals surface area contributed by atoms with Crippen molar-refractivity contribution in [1.82, 2.24) is 0 Å². The number of amides is 1. The van der Waals surface area contributed by atoms with Crippen LogP contribution in [0, 0.1) is 6.92 Å². The molecule has 0 heterocycles. The Hall–Kier alpha value is -3.12. The van der Waals surface area contributed by atoms with Crippen LogP contribution in [-0.2, 0) is 21.2 Å². The van der Waals surface area contributed by atoms with Gasteiger partial charge in [-0.15, -0.1) is 0 Å². The van der Waals surface area contributed by atoms with Gasteiger partial charge in [0.1, 0.15) is 0 Å². The van der Waals surface area contributed by atoms with Crippen molar-refractivity contribution in [2.75, 3.05) is 10.0 Å². The zero-order valence-corrected chi connectivity index (χ0v) is 15.7. The van der Waals surface area contributed by atoms with Gasteiger partial charge in [-0.2, -0.15) is 0 Å². The molecule has 0 aliphatic heterocycles. The lowest BCUT2D eigenvalue weighted by atomic mass is 10.1. The van der Waals surface area contributed by atoms with Gasteiger partial charge in [0.25, 0.3) is 10.0 Å². The average Bonchev–Trinajstić information content (AvgIpc) is 2.66. The first-order chi connectivity index (χ1) is 12.9. The third-order valence-electron chi connectivity index (χ3n) is 3.98. The number of nitrogens with one attached hydrogen (secondary N) is 2. The van der Waals surface area contributed by atoms with Crippen molar-refractivity contribution in [2.45, 2.75) is 18.2 Å².